The van der Waals surface area contributed by atoms with Crippen LogP contribution in [0.25, 0.3) is 0 Å². The van der Waals surface area contributed by atoms with E-state index in [1.165, 1.54) is 0 Å². The van der Waals surface area contributed by atoms with Crippen molar-refractivity contribution in [3.63, 3.8) is 0 Å². The van der Waals surface area contributed by atoms with E-state index >= 15 is 0 Å². The van der Waals surface area contributed by atoms with E-state index < -0.39 is 0 Å². The fraction of sp³-hybridized carbons (Fsp3) is 0.417. The lowest BCUT2D eigenvalue weighted by atomic mass is 10.2. The van der Waals surface area contributed by atoms with Crippen molar-refractivity contribution in [2.45, 2.75) is 17.1 Å². The molecule has 1 aliphatic heterocycles. The SMILES string of the molecule is COc1ccc2c(c1)SC(C)CN2C(=O)CN. The van der Waals surface area contributed by atoms with Crippen LogP contribution in [0.15, 0.2) is 23.1 Å². The van der Waals surface area contributed by atoms with Crippen LogP contribution in [0.2, 0.25) is 0 Å². The first-order valence-corrected chi connectivity index (χ1v) is 6.38. The van der Waals surface area contributed by atoms with Crippen LogP contribution >= 0.6 is 11.8 Å². The third kappa shape index (κ3) is 2.40. The summed E-state index contributed by atoms with van der Waals surface area (Å²) in [6, 6.07) is 5.75. The maximum Gasteiger partial charge on any atom is 0.240 e. The molecule has 0 radical (unpaired) electrons. The zero-order chi connectivity index (χ0) is 12.4. The van der Waals surface area contributed by atoms with Crippen molar-refractivity contribution in [1.29, 1.82) is 0 Å². The number of ether oxygens (including phenoxy) is 1. The van der Waals surface area contributed by atoms with E-state index in [0.29, 0.717) is 11.8 Å². The summed E-state index contributed by atoms with van der Waals surface area (Å²) < 4.78 is 5.20. The molecule has 0 spiro atoms. The molecule has 2 rings (SSSR count). The van der Waals surface area contributed by atoms with Gasteiger partial charge in [0.1, 0.15) is 5.75 Å². The van der Waals surface area contributed by atoms with E-state index in [0.717, 1.165) is 16.3 Å². The molecule has 1 aromatic carbocycles. The predicted molar refractivity (Wildman–Crippen MR) is 69.7 cm³/mol. The number of methoxy groups -OCH3 is 1. The molecule has 5 heteroatoms. The van der Waals surface area contributed by atoms with Gasteiger partial charge in [-0.05, 0) is 18.2 Å². The Hall–Kier alpha value is -1.20. The highest BCUT2D eigenvalue weighted by Gasteiger charge is 2.26. The van der Waals surface area contributed by atoms with Crippen LogP contribution in [0.4, 0.5) is 5.69 Å². The van der Waals surface area contributed by atoms with Gasteiger partial charge >= 0.3 is 0 Å². The molecule has 17 heavy (non-hydrogen) atoms. The molecule has 1 atom stereocenters. The van der Waals surface area contributed by atoms with Crippen molar-refractivity contribution in [3.05, 3.63) is 18.2 Å². The smallest absolute Gasteiger partial charge is 0.240 e. The normalized spacial score (nSPS) is 18.8. The van der Waals surface area contributed by atoms with E-state index in [4.69, 9.17) is 10.5 Å². The van der Waals surface area contributed by atoms with Crippen molar-refractivity contribution in [2.75, 3.05) is 25.1 Å². The third-order valence-electron chi connectivity index (χ3n) is 2.70. The number of fused-ring (bicyclic) bond motifs is 1. The molecule has 0 bridgehead atoms. The van der Waals surface area contributed by atoms with Crippen LogP contribution in [0.5, 0.6) is 5.75 Å². The second kappa shape index (κ2) is 4.98. The summed E-state index contributed by atoms with van der Waals surface area (Å²) in [6.07, 6.45) is 0. The van der Waals surface area contributed by atoms with Gasteiger partial charge in [-0.2, -0.15) is 0 Å². The molecule has 0 fully saturated rings. The molecule has 2 N–H and O–H groups in total. The number of anilines is 1. The maximum absolute atomic E-state index is 11.8. The fourth-order valence-corrected chi connectivity index (χ4v) is 3.03. The van der Waals surface area contributed by atoms with Crippen molar-refractivity contribution >= 4 is 23.4 Å². The summed E-state index contributed by atoms with van der Waals surface area (Å²) in [5.74, 6) is 0.772. The van der Waals surface area contributed by atoms with E-state index in [2.05, 4.69) is 6.92 Å². The average molecular weight is 252 g/mol. The van der Waals surface area contributed by atoms with Crippen molar-refractivity contribution in [1.82, 2.24) is 0 Å². The van der Waals surface area contributed by atoms with E-state index in [1.807, 2.05) is 18.2 Å². The van der Waals surface area contributed by atoms with Gasteiger partial charge in [0, 0.05) is 16.7 Å². The number of thioether (sulfide) groups is 1. The number of nitrogens with two attached hydrogens (primary N) is 1. The van der Waals surface area contributed by atoms with Crippen LogP contribution in [-0.4, -0.2) is 31.4 Å². The standard InChI is InChI=1S/C12H16N2O2S/c1-8-7-14(12(15)6-13)10-4-3-9(16-2)5-11(10)17-8/h3-5,8H,6-7,13H2,1-2H3. The Balaban J connectivity index is 2.40. The van der Waals surface area contributed by atoms with Gasteiger partial charge in [-0.1, -0.05) is 6.92 Å². The fourth-order valence-electron chi connectivity index (χ4n) is 1.89. The van der Waals surface area contributed by atoms with Gasteiger partial charge in [0.15, 0.2) is 0 Å². The van der Waals surface area contributed by atoms with Gasteiger partial charge in [-0.25, -0.2) is 0 Å². The number of rotatable bonds is 2. The second-order valence-corrected chi connectivity index (χ2v) is 5.45. The minimum Gasteiger partial charge on any atom is -0.497 e. The number of hydrogen-bond acceptors (Lipinski definition) is 4. The Morgan fingerprint density at radius 3 is 3.06 bits per heavy atom. The molecule has 1 aliphatic rings. The molecule has 4 nitrogen and oxygen atoms in total. The van der Waals surface area contributed by atoms with Gasteiger partial charge in [-0.3, -0.25) is 4.79 Å². The molecule has 1 unspecified atom stereocenters. The number of hydrogen-bond donors (Lipinski definition) is 1. The zero-order valence-electron chi connectivity index (χ0n) is 9.97. The Morgan fingerprint density at radius 1 is 1.65 bits per heavy atom. The average Bonchev–Trinajstić information content (AvgIpc) is 2.35. The minimum atomic E-state index is -0.0384. The summed E-state index contributed by atoms with van der Waals surface area (Å²) in [4.78, 5) is 14.6. The third-order valence-corrected chi connectivity index (χ3v) is 3.83. The number of amides is 1. The van der Waals surface area contributed by atoms with Gasteiger partial charge in [0.05, 0.1) is 19.3 Å². The summed E-state index contributed by atoms with van der Waals surface area (Å²) in [5.41, 5.74) is 6.37. The lowest BCUT2D eigenvalue weighted by molar-refractivity contribution is -0.117. The van der Waals surface area contributed by atoms with Gasteiger partial charge in [-0.15, -0.1) is 11.8 Å². The first-order valence-electron chi connectivity index (χ1n) is 5.51. The number of benzene rings is 1. The first-order chi connectivity index (χ1) is 8.15. The van der Waals surface area contributed by atoms with Crippen molar-refractivity contribution < 1.29 is 9.53 Å². The molecule has 0 saturated heterocycles. The second-order valence-electron chi connectivity index (χ2n) is 3.97. The summed E-state index contributed by atoms with van der Waals surface area (Å²) in [6.45, 7) is 2.85. The van der Waals surface area contributed by atoms with Crippen LogP contribution in [0.1, 0.15) is 6.92 Å². The quantitative estimate of drug-likeness (QED) is 0.866. The van der Waals surface area contributed by atoms with E-state index in [9.17, 15) is 4.79 Å². The molecular weight excluding hydrogens is 236 g/mol. The molecular formula is C12H16N2O2S. The lowest BCUT2D eigenvalue weighted by Gasteiger charge is -2.32. The maximum atomic E-state index is 11.8. The van der Waals surface area contributed by atoms with Gasteiger partial charge < -0.3 is 15.4 Å². The van der Waals surface area contributed by atoms with E-state index in [1.54, 1.807) is 23.8 Å². The Bertz CT molecular complexity index is 437. The van der Waals surface area contributed by atoms with Crippen LogP contribution in [0.3, 0.4) is 0 Å². The summed E-state index contributed by atoms with van der Waals surface area (Å²) >= 11 is 1.76. The molecule has 1 aromatic rings. The van der Waals surface area contributed by atoms with Gasteiger partial charge in [0.25, 0.3) is 0 Å². The molecule has 92 valence electrons. The van der Waals surface area contributed by atoms with Crippen molar-refractivity contribution in [3.8, 4) is 5.75 Å². The molecule has 0 saturated carbocycles. The Labute approximate surface area is 105 Å². The highest BCUT2D eigenvalue weighted by atomic mass is 32.2. The van der Waals surface area contributed by atoms with Crippen LogP contribution in [-0.2, 0) is 4.79 Å². The lowest BCUT2D eigenvalue weighted by Crippen LogP contribution is -2.41. The highest BCUT2D eigenvalue weighted by molar-refractivity contribution is 8.00. The molecule has 1 heterocycles. The van der Waals surface area contributed by atoms with E-state index in [-0.39, 0.29) is 12.5 Å². The Morgan fingerprint density at radius 2 is 2.41 bits per heavy atom. The monoisotopic (exact) mass is 252 g/mol. The topological polar surface area (TPSA) is 55.6 Å². The summed E-state index contributed by atoms with van der Waals surface area (Å²) in [5, 5.41) is 0.366. The number of nitrogens with zero attached hydrogens (tertiary/aromatic N) is 1. The van der Waals surface area contributed by atoms with Crippen molar-refractivity contribution in [2.24, 2.45) is 5.73 Å². The molecule has 0 aromatic heterocycles. The number of carbonyl (C=O) groups excluding carboxylic acids is 1. The highest BCUT2D eigenvalue weighted by Crippen LogP contribution is 2.40. The Kier molecular flexibility index (Phi) is 3.59. The number of carbonyl (C=O) groups is 1. The molecule has 0 aliphatic carbocycles. The predicted octanol–water partition coefficient (Wildman–Crippen LogP) is 1.48. The zero-order valence-corrected chi connectivity index (χ0v) is 10.8. The summed E-state index contributed by atoms with van der Waals surface area (Å²) in [7, 11) is 1.64. The van der Waals surface area contributed by atoms with Gasteiger partial charge in [0.2, 0.25) is 5.91 Å². The van der Waals surface area contributed by atoms with Crippen LogP contribution in [0, 0.1) is 0 Å². The first kappa shape index (κ1) is 12.3. The minimum absolute atomic E-state index is 0.0384. The van der Waals surface area contributed by atoms with Crippen LogP contribution < -0.4 is 15.4 Å². The largest absolute Gasteiger partial charge is 0.497 e. The molecule has 1 amide bonds.